The Morgan fingerprint density at radius 3 is 1.90 bits per heavy atom. The van der Waals surface area contributed by atoms with E-state index in [-0.39, 0.29) is 0 Å². The molecule has 0 saturated heterocycles. The fourth-order valence-corrected chi connectivity index (χ4v) is 7.04. The number of rotatable bonds is 2. The Labute approximate surface area is 229 Å². The maximum atomic E-state index is 9.39. The summed E-state index contributed by atoms with van der Waals surface area (Å²) in [5.74, 6) is 0. The SMILES string of the molecule is N#Cc1ccc2sc3ccc(-c4ccc(-c5cc6c7ccccc7ccc6c6ccccc56)cc4)cc3c2c1. The quantitative estimate of drug-likeness (QED) is 0.212. The van der Waals surface area contributed by atoms with Crippen molar-refractivity contribution in [2.24, 2.45) is 0 Å². The third-order valence-electron chi connectivity index (χ3n) is 7.89. The Bertz CT molecular complexity index is 2280. The molecular formula is C37H21NS. The zero-order chi connectivity index (χ0) is 25.9. The lowest BCUT2D eigenvalue weighted by molar-refractivity contribution is 1.50. The number of benzene rings is 7. The largest absolute Gasteiger partial charge is 0.192 e. The van der Waals surface area contributed by atoms with Crippen LogP contribution in [-0.4, -0.2) is 0 Å². The maximum Gasteiger partial charge on any atom is 0.0991 e. The van der Waals surface area contributed by atoms with Crippen LogP contribution in [0.1, 0.15) is 5.56 Å². The Balaban J connectivity index is 1.28. The number of nitrogens with zero attached hydrogens (tertiary/aromatic N) is 1. The van der Waals surface area contributed by atoms with E-state index in [1.165, 1.54) is 69.4 Å². The van der Waals surface area contributed by atoms with Crippen LogP contribution in [-0.2, 0) is 0 Å². The topological polar surface area (TPSA) is 23.8 Å². The summed E-state index contributed by atoms with van der Waals surface area (Å²) in [6.45, 7) is 0. The molecule has 2 heteroatoms. The normalized spacial score (nSPS) is 11.6. The molecule has 0 N–H and O–H groups in total. The van der Waals surface area contributed by atoms with Gasteiger partial charge in [-0.15, -0.1) is 11.3 Å². The maximum absolute atomic E-state index is 9.39. The van der Waals surface area contributed by atoms with Crippen molar-refractivity contribution >= 4 is 63.8 Å². The van der Waals surface area contributed by atoms with Crippen molar-refractivity contribution in [2.75, 3.05) is 0 Å². The van der Waals surface area contributed by atoms with Crippen molar-refractivity contribution in [2.45, 2.75) is 0 Å². The molecule has 1 aromatic heterocycles. The minimum atomic E-state index is 0.701. The van der Waals surface area contributed by atoms with Crippen LogP contribution in [0.15, 0.2) is 127 Å². The summed E-state index contributed by atoms with van der Waals surface area (Å²) in [4.78, 5) is 0. The molecule has 0 unspecified atom stereocenters. The monoisotopic (exact) mass is 511 g/mol. The second kappa shape index (κ2) is 8.53. The molecule has 7 aromatic carbocycles. The average Bonchev–Trinajstić information content (AvgIpc) is 3.37. The average molecular weight is 512 g/mol. The van der Waals surface area contributed by atoms with E-state index in [2.05, 4.69) is 121 Å². The fraction of sp³-hybridized carbons (Fsp3) is 0. The van der Waals surface area contributed by atoms with E-state index in [9.17, 15) is 5.26 Å². The molecule has 0 amide bonds. The predicted molar refractivity (Wildman–Crippen MR) is 167 cm³/mol. The summed E-state index contributed by atoms with van der Waals surface area (Å²) in [6, 6.07) is 48.1. The highest BCUT2D eigenvalue weighted by molar-refractivity contribution is 7.25. The van der Waals surface area contributed by atoms with Gasteiger partial charge in [0.1, 0.15) is 0 Å². The second-order valence-corrected chi connectivity index (χ2v) is 11.1. The number of hydrogen-bond acceptors (Lipinski definition) is 2. The first-order valence-corrected chi connectivity index (χ1v) is 13.9. The van der Waals surface area contributed by atoms with Crippen LogP contribution in [0.3, 0.4) is 0 Å². The van der Waals surface area contributed by atoms with Crippen molar-refractivity contribution in [1.29, 1.82) is 5.26 Å². The van der Waals surface area contributed by atoms with Crippen molar-refractivity contribution in [3.8, 4) is 28.3 Å². The molecule has 0 atom stereocenters. The summed E-state index contributed by atoms with van der Waals surface area (Å²) < 4.78 is 2.46. The zero-order valence-electron chi connectivity index (χ0n) is 21.0. The van der Waals surface area contributed by atoms with E-state index in [0.29, 0.717) is 5.56 Å². The first-order valence-electron chi connectivity index (χ1n) is 13.1. The Morgan fingerprint density at radius 1 is 0.436 bits per heavy atom. The molecule has 1 nitrogen and oxygen atoms in total. The lowest BCUT2D eigenvalue weighted by Crippen LogP contribution is -1.86. The number of fused-ring (bicyclic) bond motifs is 8. The Morgan fingerprint density at radius 2 is 1.08 bits per heavy atom. The summed E-state index contributed by atoms with van der Waals surface area (Å²) in [5.41, 5.74) is 5.54. The molecule has 0 aliphatic rings. The van der Waals surface area contributed by atoms with Crippen LogP contribution in [0, 0.1) is 11.3 Å². The first kappa shape index (κ1) is 22.1. The molecule has 0 spiro atoms. The van der Waals surface area contributed by atoms with Gasteiger partial charge in [-0.1, -0.05) is 91.0 Å². The summed E-state index contributed by atoms with van der Waals surface area (Å²) in [7, 11) is 0. The van der Waals surface area contributed by atoms with Gasteiger partial charge >= 0.3 is 0 Å². The van der Waals surface area contributed by atoms with Gasteiger partial charge in [0.25, 0.3) is 0 Å². The minimum Gasteiger partial charge on any atom is -0.192 e. The van der Waals surface area contributed by atoms with E-state index in [1.807, 2.05) is 12.1 Å². The van der Waals surface area contributed by atoms with Crippen LogP contribution in [0.4, 0.5) is 0 Å². The van der Waals surface area contributed by atoms with E-state index in [1.54, 1.807) is 11.3 Å². The highest BCUT2D eigenvalue weighted by Crippen LogP contribution is 2.40. The molecule has 180 valence electrons. The number of hydrogen-bond donors (Lipinski definition) is 0. The van der Waals surface area contributed by atoms with E-state index in [4.69, 9.17) is 0 Å². The zero-order valence-corrected chi connectivity index (χ0v) is 21.8. The number of nitriles is 1. The molecule has 0 radical (unpaired) electrons. The molecule has 8 aromatic rings. The molecule has 0 fully saturated rings. The second-order valence-electron chi connectivity index (χ2n) is 10.1. The molecular weight excluding hydrogens is 490 g/mol. The summed E-state index contributed by atoms with van der Waals surface area (Å²) in [5, 5.41) is 19.4. The molecule has 0 aliphatic carbocycles. The smallest absolute Gasteiger partial charge is 0.0991 e. The molecule has 0 aliphatic heterocycles. The van der Waals surface area contributed by atoms with Gasteiger partial charge in [0, 0.05) is 20.2 Å². The van der Waals surface area contributed by atoms with E-state index < -0.39 is 0 Å². The van der Waals surface area contributed by atoms with Crippen LogP contribution in [0.5, 0.6) is 0 Å². The third kappa shape index (κ3) is 3.45. The van der Waals surface area contributed by atoms with Crippen molar-refractivity contribution in [3.05, 3.63) is 133 Å². The highest BCUT2D eigenvalue weighted by atomic mass is 32.1. The van der Waals surface area contributed by atoms with E-state index >= 15 is 0 Å². The molecule has 0 bridgehead atoms. The van der Waals surface area contributed by atoms with Crippen molar-refractivity contribution < 1.29 is 0 Å². The lowest BCUT2D eigenvalue weighted by Gasteiger charge is -2.13. The summed E-state index contributed by atoms with van der Waals surface area (Å²) in [6.07, 6.45) is 0. The first-order chi connectivity index (χ1) is 19.3. The van der Waals surface area contributed by atoms with Crippen LogP contribution < -0.4 is 0 Å². The predicted octanol–water partition coefficient (Wildman–Crippen LogP) is 10.7. The van der Waals surface area contributed by atoms with Gasteiger partial charge in [0.15, 0.2) is 0 Å². The van der Waals surface area contributed by atoms with Gasteiger partial charge in [-0.05, 0) is 91.0 Å². The van der Waals surface area contributed by atoms with Crippen LogP contribution in [0.2, 0.25) is 0 Å². The van der Waals surface area contributed by atoms with Gasteiger partial charge in [-0.25, -0.2) is 0 Å². The van der Waals surface area contributed by atoms with Gasteiger partial charge in [0.2, 0.25) is 0 Å². The van der Waals surface area contributed by atoms with Crippen molar-refractivity contribution in [3.63, 3.8) is 0 Å². The highest BCUT2D eigenvalue weighted by Gasteiger charge is 2.12. The van der Waals surface area contributed by atoms with Crippen molar-refractivity contribution in [1.82, 2.24) is 0 Å². The Hall–Kier alpha value is -4.97. The van der Waals surface area contributed by atoms with Crippen LogP contribution >= 0.6 is 11.3 Å². The molecule has 39 heavy (non-hydrogen) atoms. The fourth-order valence-electron chi connectivity index (χ4n) is 5.97. The minimum absolute atomic E-state index is 0.701. The standard InChI is InChI=1S/C37H21NS/c38-22-23-9-17-36-34(19-23)35-20-27(15-18-37(35)39-36)24-10-12-26(13-11-24)32-21-33-28-6-2-1-5-25(28)14-16-31(33)29-7-3-4-8-30(29)32/h1-21H. The molecule has 1 heterocycles. The lowest BCUT2D eigenvalue weighted by atomic mass is 9.90. The van der Waals surface area contributed by atoms with Crippen LogP contribution in [0.25, 0.3) is 74.7 Å². The third-order valence-corrected chi connectivity index (χ3v) is 9.05. The van der Waals surface area contributed by atoms with Gasteiger partial charge in [-0.3, -0.25) is 0 Å². The number of thiophene rings is 1. The molecule has 0 saturated carbocycles. The summed E-state index contributed by atoms with van der Waals surface area (Å²) >= 11 is 1.78. The Kier molecular flexibility index (Phi) is 4.82. The van der Waals surface area contributed by atoms with Gasteiger partial charge < -0.3 is 0 Å². The van der Waals surface area contributed by atoms with Gasteiger partial charge in [-0.2, -0.15) is 5.26 Å². The molecule has 8 rings (SSSR count). The van der Waals surface area contributed by atoms with Gasteiger partial charge in [0.05, 0.1) is 11.6 Å². The van der Waals surface area contributed by atoms with E-state index in [0.717, 1.165) is 5.39 Å².